The van der Waals surface area contributed by atoms with Crippen molar-refractivity contribution in [2.45, 2.75) is 69.7 Å². The molecule has 0 saturated heterocycles. The predicted molar refractivity (Wildman–Crippen MR) is 115 cm³/mol. The molecule has 0 bridgehead atoms. The van der Waals surface area contributed by atoms with Crippen LogP contribution in [0.15, 0.2) is 24.3 Å². The van der Waals surface area contributed by atoms with Crippen LogP contribution in [-0.2, 0) is 6.42 Å². The lowest BCUT2D eigenvalue weighted by Crippen LogP contribution is -2.47. The molecule has 152 valence electrons. The zero-order chi connectivity index (χ0) is 18.8. The first-order valence-electron chi connectivity index (χ1n) is 9.56. The number of benzene rings is 1. The number of halogens is 1. The molecule has 0 spiro atoms. The number of aryl methyl sites for hydroxylation is 1. The van der Waals surface area contributed by atoms with Gasteiger partial charge in [0.2, 0.25) is 0 Å². The van der Waals surface area contributed by atoms with E-state index >= 15 is 0 Å². The van der Waals surface area contributed by atoms with Crippen molar-refractivity contribution in [3.05, 3.63) is 29.8 Å². The van der Waals surface area contributed by atoms with Crippen LogP contribution in [0.3, 0.4) is 0 Å². The van der Waals surface area contributed by atoms with Gasteiger partial charge in [-0.1, -0.05) is 57.1 Å². The van der Waals surface area contributed by atoms with Crippen LogP contribution >= 0.6 is 12.4 Å². The van der Waals surface area contributed by atoms with Gasteiger partial charge in [-0.05, 0) is 37.0 Å². The minimum absolute atomic E-state index is 0. The van der Waals surface area contributed by atoms with E-state index in [9.17, 15) is 10.2 Å². The van der Waals surface area contributed by atoms with E-state index in [1.54, 1.807) is 0 Å². The number of rotatable bonds is 13. The van der Waals surface area contributed by atoms with E-state index in [1.165, 1.54) is 24.9 Å². The largest absolute Gasteiger partial charge is 0.494 e. The van der Waals surface area contributed by atoms with Crippen LogP contribution in [0.1, 0.15) is 38.2 Å². The van der Waals surface area contributed by atoms with Gasteiger partial charge in [-0.3, -0.25) is 0 Å². The molecule has 1 aromatic carbocycles. The van der Waals surface area contributed by atoms with Crippen molar-refractivity contribution in [2.75, 3.05) is 19.8 Å². The lowest BCUT2D eigenvalue weighted by molar-refractivity contribution is 0.115. The van der Waals surface area contributed by atoms with Crippen molar-refractivity contribution >= 4 is 20.5 Å². The Labute approximate surface area is 166 Å². The summed E-state index contributed by atoms with van der Waals surface area (Å²) in [5.41, 5.74) is 6.13. The summed E-state index contributed by atoms with van der Waals surface area (Å²) in [6, 6.07) is 10.8. The fourth-order valence-electron chi connectivity index (χ4n) is 2.60. The van der Waals surface area contributed by atoms with Crippen LogP contribution in [0.5, 0.6) is 5.75 Å². The number of unbranched alkanes of at least 4 members (excludes halogenated alkanes) is 2. The van der Waals surface area contributed by atoms with Crippen LogP contribution in [0.4, 0.5) is 0 Å². The summed E-state index contributed by atoms with van der Waals surface area (Å²) in [6.45, 7) is 7.63. The summed E-state index contributed by atoms with van der Waals surface area (Å²) in [7, 11) is -0.916. The van der Waals surface area contributed by atoms with Gasteiger partial charge in [0.1, 0.15) is 5.75 Å². The van der Waals surface area contributed by atoms with E-state index in [0.717, 1.165) is 30.8 Å². The average molecular weight is 404 g/mol. The number of aliphatic hydroxyl groups is 2. The molecular weight excluding hydrogens is 366 g/mol. The molecule has 0 aliphatic carbocycles. The van der Waals surface area contributed by atoms with Gasteiger partial charge in [0.15, 0.2) is 0 Å². The summed E-state index contributed by atoms with van der Waals surface area (Å²) in [6.07, 6.45) is 4.96. The summed E-state index contributed by atoms with van der Waals surface area (Å²) < 4.78 is 5.81. The lowest BCUT2D eigenvalue weighted by Gasteiger charge is -2.24. The monoisotopic (exact) mass is 403 g/mol. The Kier molecular flexibility index (Phi) is 12.4. The predicted octanol–water partition coefficient (Wildman–Crippen LogP) is 4.00. The number of ether oxygens (including phenoxy) is 1. The normalized spacial score (nSPS) is 11.9. The fourth-order valence-corrected chi connectivity index (χ4v) is 4.16. The third kappa shape index (κ3) is 9.93. The third-order valence-electron chi connectivity index (χ3n) is 5.19. The fraction of sp³-hybridized carbons (Fsp3) is 0.700. The zero-order valence-electron chi connectivity index (χ0n) is 16.7. The van der Waals surface area contributed by atoms with Gasteiger partial charge in [0.25, 0.3) is 0 Å². The number of hydrogen-bond acceptors (Lipinski definition) is 4. The molecule has 26 heavy (non-hydrogen) atoms. The quantitative estimate of drug-likeness (QED) is 0.343. The highest BCUT2D eigenvalue weighted by atomic mass is 35.5. The highest BCUT2D eigenvalue weighted by Crippen LogP contribution is 2.19. The van der Waals surface area contributed by atoms with Crippen molar-refractivity contribution < 1.29 is 14.9 Å². The first-order valence-corrected chi connectivity index (χ1v) is 13.0. The smallest absolute Gasteiger partial charge is 0.119 e. The molecule has 6 heteroatoms. The zero-order valence-corrected chi connectivity index (χ0v) is 18.5. The van der Waals surface area contributed by atoms with E-state index < -0.39 is 13.6 Å². The molecule has 0 atom stereocenters. The highest BCUT2D eigenvalue weighted by molar-refractivity contribution is 6.77. The molecule has 1 rings (SSSR count). The molecule has 1 aromatic rings. The van der Waals surface area contributed by atoms with E-state index in [2.05, 4.69) is 20.0 Å². The van der Waals surface area contributed by atoms with Crippen LogP contribution in [0, 0.1) is 0 Å². The number of hydrogen-bond donors (Lipinski definition) is 3. The van der Waals surface area contributed by atoms with Gasteiger partial charge in [-0.25, -0.2) is 0 Å². The van der Waals surface area contributed by atoms with Gasteiger partial charge in [-0.2, -0.15) is 0 Å². The lowest BCUT2D eigenvalue weighted by atomic mass is 9.94. The minimum Gasteiger partial charge on any atom is -0.494 e. The molecule has 0 saturated carbocycles. The van der Waals surface area contributed by atoms with Gasteiger partial charge < -0.3 is 20.7 Å². The first kappa shape index (κ1) is 25.4. The molecule has 0 amide bonds. The summed E-state index contributed by atoms with van der Waals surface area (Å²) in [5, 5.41) is 18.4. The van der Waals surface area contributed by atoms with E-state index in [0.29, 0.717) is 6.42 Å². The topological polar surface area (TPSA) is 75.7 Å². The van der Waals surface area contributed by atoms with Crippen molar-refractivity contribution in [2.24, 2.45) is 5.73 Å². The van der Waals surface area contributed by atoms with Gasteiger partial charge in [-0.15, -0.1) is 12.4 Å². The summed E-state index contributed by atoms with van der Waals surface area (Å²) in [5.74, 6) is 0.898. The maximum absolute atomic E-state index is 9.22. The van der Waals surface area contributed by atoms with Crippen LogP contribution in [0.25, 0.3) is 0 Å². The van der Waals surface area contributed by atoms with Gasteiger partial charge in [0.05, 0.1) is 25.4 Å². The molecule has 0 fully saturated rings. The Bertz CT molecular complexity index is 478. The van der Waals surface area contributed by atoms with E-state index in [-0.39, 0.29) is 25.6 Å². The number of nitrogens with two attached hydrogens (primary N) is 1. The van der Waals surface area contributed by atoms with Crippen molar-refractivity contribution in [1.82, 2.24) is 0 Å². The maximum atomic E-state index is 9.22. The van der Waals surface area contributed by atoms with Gasteiger partial charge in [0, 0.05) is 8.07 Å². The van der Waals surface area contributed by atoms with E-state index in [4.69, 9.17) is 10.5 Å². The second-order valence-electron chi connectivity index (χ2n) is 8.00. The van der Waals surface area contributed by atoms with Crippen LogP contribution in [0.2, 0.25) is 25.2 Å². The van der Waals surface area contributed by atoms with Crippen molar-refractivity contribution in [1.29, 1.82) is 0 Å². The van der Waals surface area contributed by atoms with Gasteiger partial charge >= 0.3 is 0 Å². The third-order valence-corrected chi connectivity index (χ3v) is 8.81. The summed E-state index contributed by atoms with van der Waals surface area (Å²) >= 11 is 0. The Morgan fingerprint density at radius 3 is 2.19 bits per heavy atom. The second kappa shape index (κ2) is 12.7. The van der Waals surface area contributed by atoms with Crippen LogP contribution < -0.4 is 10.5 Å². The maximum Gasteiger partial charge on any atom is 0.119 e. The number of aliphatic hydroxyl groups excluding tert-OH is 2. The molecule has 0 radical (unpaired) electrons. The van der Waals surface area contributed by atoms with Crippen molar-refractivity contribution in [3.63, 3.8) is 0 Å². The second-order valence-corrected chi connectivity index (χ2v) is 13.5. The molecule has 0 unspecified atom stereocenters. The first-order chi connectivity index (χ1) is 11.8. The average Bonchev–Trinajstić information content (AvgIpc) is 2.63. The molecule has 0 aliphatic rings. The molecule has 0 aliphatic heterocycles. The van der Waals surface area contributed by atoms with Crippen LogP contribution in [-0.4, -0.2) is 43.6 Å². The molecule has 4 nitrogen and oxygen atoms in total. The van der Waals surface area contributed by atoms with Crippen molar-refractivity contribution in [3.8, 4) is 5.75 Å². The minimum atomic E-state index is -0.916. The molecular formula is C20H38ClNO3Si. The molecule has 0 heterocycles. The Hall–Kier alpha value is -0.593. The molecule has 4 N–H and O–H groups in total. The SMILES string of the molecule is CC[Si](C)(C)CCCCCOc1ccc(CCC(N)(CO)CO)cc1.Cl. The highest BCUT2D eigenvalue weighted by Gasteiger charge is 2.22. The Morgan fingerprint density at radius 2 is 1.65 bits per heavy atom. The van der Waals surface area contributed by atoms with E-state index in [1.807, 2.05) is 24.3 Å². The Morgan fingerprint density at radius 1 is 1.04 bits per heavy atom. The Balaban J connectivity index is 0.00000625. The molecule has 0 aromatic heterocycles. The summed E-state index contributed by atoms with van der Waals surface area (Å²) in [4.78, 5) is 0. The standard InChI is InChI=1S/C20H37NO3Si.ClH/c1-4-25(2,3)15-7-5-6-14-24-19-10-8-18(9-11-19)12-13-20(21,16-22)17-23;/h8-11,22-23H,4-7,12-17,21H2,1-3H3;1H.